The molecule has 2 aromatic rings. The SMILES string of the molecule is CC1CCc2c(C(=O)NN3C(=O)NC(C)(CCc4ccccc4)C3=O)csc2C1. The van der Waals surface area contributed by atoms with Crippen LogP contribution in [0.2, 0.25) is 0 Å². The van der Waals surface area contributed by atoms with E-state index in [1.54, 1.807) is 18.3 Å². The predicted molar refractivity (Wildman–Crippen MR) is 112 cm³/mol. The van der Waals surface area contributed by atoms with Gasteiger partial charge in [-0.3, -0.25) is 15.0 Å². The summed E-state index contributed by atoms with van der Waals surface area (Å²) >= 11 is 1.58. The van der Waals surface area contributed by atoms with Gasteiger partial charge in [-0.1, -0.05) is 37.3 Å². The van der Waals surface area contributed by atoms with E-state index in [2.05, 4.69) is 17.7 Å². The molecule has 1 aromatic heterocycles. The van der Waals surface area contributed by atoms with Crippen molar-refractivity contribution in [3.05, 3.63) is 57.3 Å². The summed E-state index contributed by atoms with van der Waals surface area (Å²) in [5.74, 6) is -0.203. The summed E-state index contributed by atoms with van der Waals surface area (Å²) in [7, 11) is 0. The van der Waals surface area contributed by atoms with Crippen LogP contribution in [0.4, 0.5) is 4.79 Å². The van der Waals surface area contributed by atoms with Crippen LogP contribution < -0.4 is 10.7 Å². The number of urea groups is 1. The van der Waals surface area contributed by atoms with Gasteiger partial charge in [-0.2, -0.15) is 5.01 Å². The van der Waals surface area contributed by atoms with Gasteiger partial charge in [-0.15, -0.1) is 11.3 Å². The number of rotatable bonds is 5. The van der Waals surface area contributed by atoms with Crippen molar-refractivity contribution < 1.29 is 14.4 Å². The number of imide groups is 1. The van der Waals surface area contributed by atoms with Crippen molar-refractivity contribution in [1.82, 2.24) is 15.8 Å². The Balaban J connectivity index is 1.45. The van der Waals surface area contributed by atoms with Crippen molar-refractivity contribution in [3.63, 3.8) is 0 Å². The minimum Gasteiger partial charge on any atom is -0.322 e. The molecule has 1 saturated heterocycles. The van der Waals surface area contributed by atoms with Gasteiger partial charge in [-0.25, -0.2) is 4.79 Å². The third-order valence-electron chi connectivity index (χ3n) is 5.88. The summed E-state index contributed by atoms with van der Waals surface area (Å²) in [6.07, 6.45) is 4.00. The maximum Gasteiger partial charge on any atom is 0.344 e. The minimum atomic E-state index is -1.04. The molecule has 0 saturated carbocycles. The highest BCUT2D eigenvalue weighted by Crippen LogP contribution is 2.33. The first-order valence-electron chi connectivity index (χ1n) is 9.98. The molecule has 2 heterocycles. The van der Waals surface area contributed by atoms with Gasteiger partial charge in [0.05, 0.1) is 5.56 Å². The van der Waals surface area contributed by atoms with Crippen LogP contribution in [0.15, 0.2) is 35.7 Å². The van der Waals surface area contributed by atoms with Crippen LogP contribution in [0, 0.1) is 5.92 Å². The fourth-order valence-corrected chi connectivity index (χ4v) is 5.27. The average molecular weight is 412 g/mol. The number of aryl methyl sites for hydroxylation is 1. The number of hydrogen-bond donors (Lipinski definition) is 2. The van der Waals surface area contributed by atoms with E-state index in [1.165, 1.54) is 4.88 Å². The number of hydrogen-bond acceptors (Lipinski definition) is 4. The number of nitrogens with one attached hydrogen (secondary N) is 2. The van der Waals surface area contributed by atoms with Gasteiger partial charge in [0.1, 0.15) is 5.54 Å². The van der Waals surface area contributed by atoms with Crippen LogP contribution in [0.25, 0.3) is 0 Å². The van der Waals surface area contributed by atoms with Crippen molar-refractivity contribution in [1.29, 1.82) is 0 Å². The van der Waals surface area contributed by atoms with Crippen LogP contribution in [0.3, 0.4) is 0 Å². The van der Waals surface area contributed by atoms with Crippen molar-refractivity contribution in [2.75, 3.05) is 0 Å². The monoisotopic (exact) mass is 411 g/mol. The molecule has 0 spiro atoms. The van der Waals surface area contributed by atoms with E-state index in [0.29, 0.717) is 24.3 Å². The number of hydrazine groups is 1. The second-order valence-corrected chi connectivity index (χ2v) is 9.19. The van der Waals surface area contributed by atoms with E-state index in [-0.39, 0.29) is 0 Å². The fraction of sp³-hybridized carbons (Fsp3) is 0.409. The maximum absolute atomic E-state index is 12.9. The normalized spacial score (nSPS) is 23.7. The smallest absolute Gasteiger partial charge is 0.322 e. The number of amides is 4. The van der Waals surface area contributed by atoms with Gasteiger partial charge < -0.3 is 5.32 Å². The molecule has 7 heteroatoms. The molecule has 152 valence electrons. The molecule has 2 atom stereocenters. The standard InChI is InChI=1S/C22H25N3O3S/c1-14-8-9-16-17(13-29-18(16)12-14)19(26)24-25-20(27)22(2,23-21(25)28)11-10-15-6-4-3-5-7-15/h3-7,13-14H,8-12H2,1-2H3,(H,23,28)(H,24,26). The Morgan fingerprint density at radius 2 is 2.07 bits per heavy atom. The van der Waals surface area contributed by atoms with E-state index in [4.69, 9.17) is 0 Å². The Morgan fingerprint density at radius 1 is 1.31 bits per heavy atom. The van der Waals surface area contributed by atoms with Crippen LogP contribution >= 0.6 is 11.3 Å². The second kappa shape index (κ2) is 7.63. The van der Waals surface area contributed by atoms with E-state index >= 15 is 0 Å². The van der Waals surface area contributed by atoms with Gasteiger partial charge in [0.2, 0.25) is 0 Å². The third kappa shape index (κ3) is 3.79. The summed E-state index contributed by atoms with van der Waals surface area (Å²) in [6.45, 7) is 3.92. The molecule has 2 unspecified atom stereocenters. The van der Waals surface area contributed by atoms with Gasteiger partial charge in [0.25, 0.3) is 11.8 Å². The second-order valence-electron chi connectivity index (χ2n) is 8.23. The Labute approximate surface area is 174 Å². The van der Waals surface area contributed by atoms with Crippen molar-refractivity contribution >= 4 is 29.2 Å². The van der Waals surface area contributed by atoms with Gasteiger partial charge in [0, 0.05) is 10.3 Å². The minimum absolute atomic E-state index is 0.395. The number of thiophene rings is 1. The Bertz CT molecular complexity index is 955. The molecule has 2 N–H and O–H groups in total. The zero-order valence-electron chi connectivity index (χ0n) is 16.7. The lowest BCUT2D eigenvalue weighted by Gasteiger charge is -2.22. The molecule has 6 nitrogen and oxygen atoms in total. The van der Waals surface area contributed by atoms with Crippen LogP contribution in [0.5, 0.6) is 0 Å². The van der Waals surface area contributed by atoms with Crippen molar-refractivity contribution in [2.45, 2.75) is 51.5 Å². The topological polar surface area (TPSA) is 78.5 Å². The summed E-state index contributed by atoms with van der Waals surface area (Å²) < 4.78 is 0. The number of carbonyl (C=O) groups is 3. The van der Waals surface area contributed by atoms with Crippen molar-refractivity contribution in [3.8, 4) is 0 Å². The molecular formula is C22H25N3O3S. The molecular weight excluding hydrogens is 386 g/mol. The highest BCUT2D eigenvalue weighted by Gasteiger charge is 2.48. The van der Waals surface area contributed by atoms with Gasteiger partial charge in [0.15, 0.2) is 0 Å². The van der Waals surface area contributed by atoms with Gasteiger partial charge in [-0.05, 0) is 56.1 Å². The molecule has 0 bridgehead atoms. The number of fused-ring (bicyclic) bond motifs is 1. The fourth-order valence-electron chi connectivity index (χ4n) is 4.02. The molecule has 29 heavy (non-hydrogen) atoms. The van der Waals surface area contributed by atoms with E-state index in [0.717, 1.165) is 35.4 Å². The summed E-state index contributed by atoms with van der Waals surface area (Å²) in [5, 5.41) is 5.42. The summed E-state index contributed by atoms with van der Waals surface area (Å²) in [5.41, 5.74) is 4.23. The molecule has 4 rings (SSSR count). The van der Waals surface area contributed by atoms with Crippen LogP contribution in [0.1, 0.15) is 53.1 Å². The summed E-state index contributed by atoms with van der Waals surface area (Å²) in [6, 6.07) is 9.23. The third-order valence-corrected chi connectivity index (χ3v) is 6.93. The molecule has 1 aliphatic carbocycles. The number of nitrogens with zero attached hydrogens (tertiary/aromatic N) is 1. The maximum atomic E-state index is 12.9. The quantitative estimate of drug-likeness (QED) is 0.740. The Kier molecular flexibility index (Phi) is 5.17. The molecule has 1 aliphatic heterocycles. The van der Waals surface area contributed by atoms with E-state index < -0.39 is 23.4 Å². The highest BCUT2D eigenvalue weighted by atomic mass is 32.1. The Hall–Kier alpha value is -2.67. The molecule has 0 radical (unpaired) electrons. The summed E-state index contributed by atoms with van der Waals surface area (Å²) in [4.78, 5) is 39.4. The Morgan fingerprint density at radius 3 is 2.83 bits per heavy atom. The molecule has 1 fully saturated rings. The lowest BCUT2D eigenvalue weighted by atomic mass is 9.88. The largest absolute Gasteiger partial charge is 0.344 e. The van der Waals surface area contributed by atoms with Crippen molar-refractivity contribution in [2.24, 2.45) is 5.92 Å². The number of benzene rings is 1. The first-order chi connectivity index (χ1) is 13.9. The molecule has 2 aliphatic rings. The number of carbonyl (C=O) groups excluding carboxylic acids is 3. The zero-order chi connectivity index (χ0) is 20.6. The van der Waals surface area contributed by atoms with Crippen LogP contribution in [-0.4, -0.2) is 28.4 Å². The molecule has 4 amide bonds. The average Bonchev–Trinajstić information content (AvgIpc) is 3.21. The van der Waals surface area contributed by atoms with E-state index in [1.807, 2.05) is 35.7 Å². The zero-order valence-corrected chi connectivity index (χ0v) is 17.5. The lowest BCUT2D eigenvalue weighted by molar-refractivity contribution is -0.132. The van der Waals surface area contributed by atoms with Gasteiger partial charge >= 0.3 is 6.03 Å². The lowest BCUT2D eigenvalue weighted by Crippen LogP contribution is -2.49. The first kappa shape index (κ1) is 19.6. The van der Waals surface area contributed by atoms with E-state index in [9.17, 15) is 14.4 Å². The highest BCUT2D eigenvalue weighted by molar-refractivity contribution is 7.10. The van der Waals surface area contributed by atoms with Crippen LogP contribution in [-0.2, 0) is 24.1 Å². The predicted octanol–water partition coefficient (Wildman–Crippen LogP) is 3.46. The first-order valence-corrected chi connectivity index (χ1v) is 10.9. The molecule has 1 aromatic carbocycles.